The first-order valence-electron chi connectivity index (χ1n) is 8.70. The third-order valence-electron chi connectivity index (χ3n) is 4.82. The predicted molar refractivity (Wildman–Crippen MR) is 101 cm³/mol. The molecule has 1 aromatic carbocycles. The maximum Gasteiger partial charge on any atom is 0.194 e. The average molecular weight is 333 g/mol. The van der Waals surface area contributed by atoms with E-state index in [9.17, 15) is 0 Å². The predicted octanol–water partition coefficient (Wildman–Crippen LogP) is 2.78. The summed E-state index contributed by atoms with van der Waals surface area (Å²) in [5, 5.41) is 3.47. The van der Waals surface area contributed by atoms with Crippen molar-refractivity contribution in [2.45, 2.75) is 26.4 Å². The van der Waals surface area contributed by atoms with E-state index in [1.54, 1.807) is 0 Å². The molecule has 0 unspecified atom stereocenters. The lowest BCUT2D eigenvalue weighted by molar-refractivity contribution is 0.378. The number of aryl methyl sites for hydroxylation is 1. The molecule has 0 amide bonds. The van der Waals surface area contributed by atoms with Gasteiger partial charge < -0.3 is 14.6 Å². The zero-order valence-corrected chi connectivity index (χ0v) is 14.7. The number of rotatable bonds is 2. The number of guanidine groups is 1. The Hall–Kier alpha value is -2.82. The molecule has 0 bridgehead atoms. The van der Waals surface area contributed by atoms with Gasteiger partial charge >= 0.3 is 0 Å². The van der Waals surface area contributed by atoms with Crippen molar-refractivity contribution in [3.05, 3.63) is 71.2 Å². The van der Waals surface area contributed by atoms with Crippen molar-refractivity contribution >= 4 is 11.6 Å². The molecule has 3 aromatic rings. The maximum atomic E-state index is 4.69. The van der Waals surface area contributed by atoms with E-state index in [1.807, 2.05) is 19.2 Å². The van der Waals surface area contributed by atoms with E-state index in [2.05, 4.69) is 68.0 Å². The molecule has 5 heteroatoms. The highest BCUT2D eigenvalue weighted by Crippen LogP contribution is 2.18. The molecule has 3 heterocycles. The molecule has 128 valence electrons. The van der Waals surface area contributed by atoms with Gasteiger partial charge in [-0.3, -0.25) is 4.99 Å². The number of aromatic nitrogens is 2. The fourth-order valence-corrected chi connectivity index (χ4v) is 3.46. The number of aliphatic imine (C=N–C) groups is 1. The van der Waals surface area contributed by atoms with Crippen LogP contribution >= 0.6 is 0 Å². The van der Waals surface area contributed by atoms with Crippen LogP contribution in [0.3, 0.4) is 0 Å². The van der Waals surface area contributed by atoms with Gasteiger partial charge in [0.25, 0.3) is 0 Å². The largest absolute Gasteiger partial charge is 0.351 e. The van der Waals surface area contributed by atoms with Crippen molar-refractivity contribution < 1.29 is 0 Å². The number of pyridine rings is 1. The summed E-state index contributed by atoms with van der Waals surface area (Å²) in [7, 11) is 1.84. The number of nitrogens with zero attached hydrogens (tertiary/aromatic N) is 4. The second kappa shape index (κ2) is 6.59. The molecule has 0 radical (unpaired) electrons. The lowest BCUT2D eigenvalue weighted by atomic mass is 10.0. The van der Waals surface area contributed by atoms with Crippen LogP contribution in [0.2, 0.25) is 0 Å². The molecular formula is C20H23N5. The molecule has 0 aliphatic carbocycles. The van der Waals surface area contributed by atoms with Crippen LogP contribution in [0, 0.1) is 6.92 Å². The topological polar surface area (TPSA) is 44.9 Å². The van der Waals surface area contributed by atoms with Gasteiger partial charge in [-0.05, 0) is 36.6 Å². The number of hydrogen-bond acceptors (Lipinski definition) is 2. The smallest absolute Gasteiger partial charge is 0.194 e. The highest BCUT2D eigenvalue weighted by atomic mass is 15.3. The number of nitrogens with one attached hydrogen (secondary N) is 1. The molecule has 1 N–H and O–H groups in total. The monoisotopic (exact) mass is 333 g/mol. The molecule has 0 fully saturated rings. The minimum atomic E-state index is 0.673. The zero-order chi connectivity index (χ0) is 17.2. The van der Waals surface area contributed by atoms with Crippen molar-refractivity contribution in [3.63, 3.8) is 0 Å². The van der Waals surface area contributed by atoms with Crippen LogP contribution in [-0.2, 0) is 19.5 Å². The van der Waals surface area contributed by atoms with E-state index in [-0.39, 0.29) is 0 Å². The third-order valence-corrected chi connectivity index (χ3v) is 4.82. The van der Waals surface area contributed by atoms with Gasteiger partial charge in [0, 0.05) is 32.0 Å². The van der Waals surface area contributed by atoms with Crippen LogP contribution in [0.5, 0.6) is 0 Å². The van der Waals surface area contributed by atoms with Crippen molar-refractivity contribution in [1.82, 2.24) is 19.6 Å². The van der Waals surface area contributed by atoms with Crippen molar-refractivity contribution in [3.8, 4) is 0 Å². The average Bonchev–Trinajstić information content (AvgIpc) is 3.07. The van der Waals surface area contributed by atoms with Gasteiger partial charge in [-0.25, -0.2) is 4.98 Å². The van der Waals surface area contributed by atoms with Crippen LogP contribution in [0.25, 0.3) is 5.65 Å². The standard InChI is InChI=1S/C20H23N5/c1-15-6-5-9-19-23-18(14-25(15)19)12-22-20(21-2)24-11-10-16-7-3-4-8-17(16)13-24/h3-9,14H,10-13H2,1-2H3,(H,21,22). The van der Waals surface area contributed by atoms with Gasteiger partial charge in [0.05, 0.1) is 12.2 Å². The molecule has 0 saturated heterocycles. The summed E-state index contributed by atoms with van der Waals surface area (Å²) in [6.07, 6.45) is 3.15. The second-order valence-electron chi connectivity index (χ2n) is 6.47. The molecule has 2 aromatic heterocycles. The van der Waals surface area contributed by atoms with E-state index < -0.39 is 0 Å². The quantitative estimate of drug-likeness (QED) is 0.579. The zero-order valence-electron chi connectivity index (χ0n) is 14.7. The van der Waals surface area contributed by atoms with E-state index >= 15 is 0 Å². The lowest BCUT2D eigenvalue weighted by Crippen LogP contribution is -2.43. The highest BCUT2D eigenvalue weighted by Gasteiger charge is 2.18. The molecule has 0 spiro atoms. The minimum Gasteiger partial charge on any atom is -0.351 e. The summed E-state index contributed by atoms with van der Waals surface area (Å²) < 4.78 is 2.12. The van der Waals surface area contributed by atoms with E-state index in [1.165, 1.54) is 16.8 Å². The van der Waals surface area contributed by atoms with Gasteiger partial charge in [-0.2, -0.15) is 0 Å². The minimum absolute atomic E-state index is 0.673. The molecule has 5 nitrogen and oxygen atoms in total. The van der Waals surface area contributed by atoms with Crippen LogP contribution in [0.15, 0.2) is 53.7 Å². The van der Waals surface area contributed by atoms with Gasteiger partial charge in [0.1, 0.15) is 5.65 Å². The SMILES string of the molecule is CN=C(NCc1cn2c(C)cccc2n1)N1CCc2ccccc2C1. The summed E-state index contributed by atoms with van der Waals surface area (Å²) in [6.45, 7) is 4.66. The second-order valence-corrected chi connectivity index (χ2v) is 6.47. The Kier molecular flexibility index (Phi) is 4.14. The Labute approximate surface area is 148 Å². The molecule has 1 aliphatic rings. The molecule has 1 aliphatic heterocycles. The van der Waals surface area contributed by atoms with Gasteiger partial charge in [-0.15, -0.1) is 0 Å². The molecule has 0 saturated carbocycles. The first-order valence-corrected chi connectivity index (χ1v) is 8.70. The summed E-state index contributed by atoms with van der Waals surface area (Å²) in [5.74, 6) is 0.934. The first-order chi connectivity index (χ1) is 12.2. The number of hydrogen-bond donors (Lipinski definition) is 1. The number of imidazole rings is 1. The Morgan fingerprint density at radius 2 is 2.00 bits per heavy atom. The number of fused-ring (bicyclic) bond motifs is 2. The summed E-state index contributed by atoms with van der Waals surface area (Å²) in [4.78, 5) is 11.5. The van der Waals surface area contributed by atoms with Crippen LogP contribution in [0.1, 0.15) is 22.5 Å². The Bertz CT molecular complexity index is 925. The van der Waals surface area contributed by atoms with Gasteiger partial charge in [-0.1, -0.05) is 30.3 Å². The van der Waals surface area contributed by atoms with Gasteiger partial charge in [0.15, 0.2) is 5.96 Å². The molecule has 4 rings (SSSR count). The third kappa shape index (κ3) is 3.09. The van der Waals surface area contributed by atoms with Crippen LogP contribution < -0.4 is 5.32 Å². The fourth-order valence-electron chi connectivity index (χ4n) is 3.46. The number of benzene rings is 1. The summed E-state index contributed by atoms with van der Waals surface area (Å²) in [6, 6.07) is 14.8. The van der Waals surface area contributed by atoms with E-state index in [0.717, 1.165) is 36.8 Å². The highest BCUT2D eigenvalue weighted by molar-refractivity contribution is 5.80. The van der Waals surface area contributed by atoms with E-state index in [4.69, 9.17) is 0 Å². The van der Waals surface area contributed by atoms with Crippen molar-refractivity contribution in [2.24, 2.45) is 4.99 Å². The normalized spacial score (nSPS) is 14.6. The van der Waals surface area contributed by atoms with Gasteiger partial charge in [0.2, 0.25) is 0 Å². The van der Waals surface area contributed by atoms with Crippen molar-refractivity contribution in [1.29, 1.82) is 0 Å². The molecule has 0 atom stereocenters. The Balaban J connectivity index is 1.46. The Morgan fingerprint density at radius 1 is 1.16 bits per heavy atom. The summed E-state index contributed by atoms with van der Waals surface area (Å²) >= 11 is 0. The first kappa shape index (κ1) is 15.7. The van der Waals surface area contributed by atoms with Crippen LogP contribution in [0.4, 0.5) is 0 Å². The fraction of sp³-hybridized carbons (Fsp3) is 0.300. The Morgan fingerprint density at radius 3 is 2.80 bits per heavy atom. The maximum absolute atomic E-state index is 4.69. The van der Waals surface area contributed by atoms with Crippen molar-refractivity contribution in [2.75, 3.05) is 13.6 Å². The lowest BCUT2D eigenvalue weighted by Gasteiger charge is -2.31. The summed E-state index contributed by atoms with van der Waals surface area (Å²) in [5.41, 5.74) is 6.03. The molecular weight excluding hydrogens is 310 g/mol. The van der Waals surface area contributed by atoms with Crippen LogP contribution in [-0.4, -0.2) is 33.8 Å². The van der Waals surface area contributed by atoms with E-state index in [0.29, 0.717) is 6.54 Å². The molecule has 25 heavy (non-hydrogen) atoms.